The van der Waals surface area contributed by atoms with Gasteiger partial charge in [0.2, 0.25) is 0 Å². The molecule has 2 rings (SSSR count). The lowest BCUT2D eigenvalue weighted by molar-refractivity contribution is -0.124. The van der Waals surface area contributed by atoms with E-state index in [9.17, 15) is 4.79 Å². The van der Waals surface area contributed by atoms with E-state index in [0.29, 0.717) is 5.78 Å². The Kier molecular flexibility index (Phi) is 2.17. The van der Waals surface area contributed by atoms with Gasteiger partial charge in [-0.3, -0.25) is 9.69 Å². The van der Waals surface area contributed by atoms with Gasteiger partial charge < -0.3 is 0 Å². The molecule has 2 aliphatic heterocycles. The van der Waals surface area contributed by atoms with E-state index in [2.05, 4.69) is 11.9 Å². The summed E-state index contributed by atoms with van der Waals surface area (Å²) in [5, 5.41) is 0. The highest BCUT2D eigenvalue weighted by molar-refractivity contribution is 7.99. The van der Waals surface area contributed by atoms with E-state index < -0.39 is 0 Å². The van der Waals surface area contributed by atoms with E-state index in [-0.39, 0.29) is 5.54 Å². The molecule has 2 heterocycles. The van der Waals surface area contributed by atoms with Crippen molar-refractivity contribution < 1.29 is 4.79 Å². The number of ketones is 1. The highest BCUT2D eigenvalue weighted by Crippen LogP contribution is 2.36. The largest absolute Gasteiger partial charge is 0.298 e. The molecule has 1 unspecified atom stereocenters. The number of carbonyl (C=O) groups is 1. The molecule has 0 bridgehead atoms. The van der Waals surface area contributed by atoms with Gasteiger partial charge in [0.05, 0.1) is 5.54 Å². The molecule has 1 atom stereocenters. The molecule has 3 heteroatoms. The molecule has 0 amide bonds. The van der Waals surface area contributed by atoms with Gasteiger partial charge in [-0.2, -0.15) is 11.8 Å². The van der Waals surface area contributed by atoms with E-state index in [1.807, 2.05) is 11.8 Å². The Balaban J connectivity index is 2.20. The summed E-state index contributed by atoms with van der Waals surface area (Å²) in [6.45, 7) is 0.972. The van der Waals surface area contributed by atoms with Gasteiger partial charge in [0.1, 0.15) is 0 Å². The minimum Gasteiger partial charge on any atom is -0.298 e. The lowest BCUT2D eigenvalue weighted by Crippen LogP contribution is -2.50. The van der Waals surface area contributed by atoms with Crippen LogP contribution >= 0.6 is 11.8 Å². The summed E-state index contributed by atoms with van der Waals surface area (Å²) < 4.78 is 0. The number of nitrogens with zero attached hydrogens (tertiary/aromatic N) is 1. The maximum atomic E-state index is 11.7. The second-order valence-electron chi connectivity index (χ2n) is 3.78. The SMILES string of the molecule is CN1CCC(=O)C12CCCSC2. The molecule has 0 radical (unpaired) electrons. The van der Waals surface area contributed by atoms with Crippen LogP contribution in [0.1, 0.15) is 19.3 Å². The van der Waals surface area contributed by atoms with E-state index in [1.165, 1.54) is 12.2 Å². The number of rotatable bonds is 0. The van der Waals surface area contributed by atoms with Gasteiger partial charge >= 0.3 is 0 Å². The summed E-state index contributed by atoms with van der Waals surface area (Å²) in [5.74, 6) is 2.75. The molecule has 12 heavy (non-hydrogen) atoms. The molecule has 0 aliphatic carbocycles. The number of thioether (sulfide) groups is 1. The molecule has 0 aromatic carbocycles. The fraction of sp³-hybridized carbons (Fsp3) is 0.889. The van der Waals surface area contributed by atoms with Crippen LogP contribution in [0.3, 0.4) is 0 Å². The number of carbonyl (C=O) groups excluding carboxylic acids is 1. The van der Waals surface area contributed by atoms with Crippen LogP contribution in [-0.2, 0) is 4.79 Å². The standard InChI is InChI=1S/C9H15NOS/c1-10-5-3-8(11)9(10)4-2-6-12-7-9/h2-7H2,1H3. The molecule has 0 saturated carbocycles. The predicted molar refractivity (Wildman–Crippen MR) is 51.5 cm³/mol. The average Bonchev–Trinajstić information content (AvgIpc) is 2.36. The van der Waals surface area contributed by atoms with Crippen molar-refractivity contribution in [1.29, 1.82) is 0 Å². The molecule has 2 fully saturated rings. The lowest BCUT2D eigenvalue weighted by atomic mass is 9.91. The van der Waals surface area contributed by atoms with E-state index in [0.717, 1.165) is 25.1 Å². The van der Waals surface area contributed by atoms with Gasteiger partial charge in [0.15, 0.2) is 5.78 Å². The molecular weight excluding hydrogens is 170 g/mol. The Morgan fingerprint density at radius 1 is 1.58 bits per heavy atom. The molecule has 0 aromatic heterocycles. The molecule has 0 N–H and O–H groups in total. The van der Waals surface area contributed by atoms with Gasteiger partial charge in [-0.25, -0.2) is 0 Å². The van der Waals surface area contributed by atoms with E-state index in [4.69, 9.17) is 0 Å². The average molecular weight is 185 g/mol. The Morgan fingerprint density at radius 2 is 2.42 bits per heavy atom. The van der Waals surface area contributed by atoms with Crippen molar-refractivity contribution in [2.45, 2.75) is 24.8 Å². The zero-order chi connectivity index (χ0) is 8.60. The number of Topliss-reactive ketones (excluding diaryl/α,β-unsaturated/α-hetero) is 1. The van der Waals surface area contributed by atoms with Crippen LogP contribution in [-0.4, -0.2) is 41.3 Å². The Labute approximate surface area is 77.7 Å². The summed E-state index contributed by atoms with van der Waals surface area (Å²) in [5.41, 5.74) is -0.0527. The third-order valence-corrected chi connectivity index (χ3v) is 4.40. The highest BCUT2D eigenvalue weighted by atomic mass is 32.2. The minimum atomic E-state index is -0.0527. The first-order chi connectivity index (χ1) is 5.76. The van der Waals surface area contributed by atoms with Gasteiger partial charge in [-0.1, -0.05) is 0 Å². The number of likely N-dealkylation sites (N-methyl/N-ethyl adjacent to an activating group) is 1. The second-order valence-corrected chi connectivity index (χ2v) is 4.89. The smallest absolute Gasteiger partial charge is 0.155 e. The fourth-order valence-corrected chi connectivity index (χ4v) is 3.59. The third kappa shape index (κ3) is 1.11. The quantitative estimate of drug-likeness (QED) is 0.565. The number of hydrogen-bond acceptors (Lipinski definition) is 3. The van der Waals surface area contributed by atoms with Crippen LogP contribution in [0.15, 0.2) is 0 Å². The van der Waals surface area contributed by atoms with Crippen molar-refractivity contribution in [2.75, 3.05) is 25.1 Å². The Bertz CT molecular complexity index is 199. The predicted octanol–water partition coefficient (Wildman–Crippen LogP) is 1.16. The first-order valence-electron chi connectivity index (χ1n) is 4.58. The van der Waals surface area contributed by atoms with Crippen molar-refractivity contribution in [3.05, 3.63) is 0 Å². The Hall–Kier alpha value is -0.0200. The molecule has 68 valence electrons. The van der Waals surface area contributed by atoms with E-state index in [1.54, 1.807) is 0 Å². The van der Waals surface area contributed by atoms with Crippen molar-refractivity contribution >= 4 is 17.5 Å². The third-order valence-electron chi connectivity index (χ3n) is 3.14. The molecule has 2 nitrogen and oxygen atoms in total. The summed E-state index contributed by atoms with van der Waals surface area (Å²) in [6, 6.07) is 0. The molecule has 2 aliphatic rings. The maximum absolute atomic E-state index is 11.7. The van der Waals surface area contributed by atoms with Crippen LogP contribution in [0.25, 0.3) is 0 Å². The monoisotopic (exact) mass is 185 g/mol. The molecule has 1 spiro atoms. The summed E-state index contributed by atoms with van der Waals surface area (Å²) in [7, 11) is 2.09. The van der Waals surface area contributed by atoms with Crippen LogP contribution in [0.2, 0.25) is 0 Å². The summed E-state index contributed by atoms with van der Waals surface area (Å²) >= 11 is 1.94. The summed E-state index contributed by atoms with van der Waals surface area (Å²) in [4.78, 5) is 14.0. The molecule has 2 saturated heterocycles. The van der Waals surface area contributed by atoms with Gasteiger partial charge in [0.25, 0.3) is 0 Å². The van der Waals surface area contributed by atoms with Crippen LogP contribution in [0.5, 0.6) is 0 Å². The number of likely N-dealkylation sites (tertiary alicyclic amines) is 1. The lowest BCUT2D eigenvalue weighted by Gasteiger charge is -2.37. The number of hydrogen-bond donors (Lipinski definition) is 0. The first kappa shape index (κ1) is 8.57. The van der Waals surface area contributed by atoms with Crippen LogP contribution in [0.4, 0.5) is 0 Å². The van der Waals surface area contributed by atoms with Gasteiger partial charge in [-0.05, 0) is 25.6 Å². The zero-order valence-corrected chi connectivity index (χ0v) is 8.32. The van der Waals surface area contributed by atoms with Gasteiger partial charge in [-0.15, -0.1) is 0 Å². The fourth-order valence-electron chi connectivity index (χ4n) is 2.23. The summed E-state index contributed by atoms with van der Waals surface area (Å²) in [6.07, 6.45) is 3.08. The molecular formula is C9H15NOS. The Morgan fingerprint density at radius 3 is 2.92 bits per heavy atom. The topological polar surface area (TPSA) is 20.3 Å². The van der Waals surface area contributed by atoms with Crippen molar-refractivity contribution in [2.24, 2.45) is 0 Å². The van der Waals surface area contributed by atoms with Crippen molar-refractivity contribution in [3.8, 4) is 0 Å². The normalized spacial score (nSPS) is 37.9. The maximum Gasteiger partial charge on any atom is 0.155 e. The first-order valence-corrected chi connectivity index (χ1v) is 5.73. The van der Waals surface area contributed by atoms with Gasteiger partial charge in [0, 0.05) is 18.7 Å². The minimum absolute atomic E-state index is 0.0527. The van der Waals surface area contributed by atoms with Crippen LogP contribution in [0, 0.1) is 0 Å². The zero-order valence-electron chi connectivity index (χ0n) is 7.51. The van der Waals surface area contributed by atoms with Crippen molar-refractivity contribution in [3.63, 3.8) is 0 Å². The highest BCUT2D eigenvalue weighted by Gasteiger charge is 2.46. The van der Waals surface area contributed by atoms with Crippen LogP contribution < -0.4 is 0 Å². The molecule has 0 aromatic rings. The second kappa shape index (κ2) is 3.04. The van der Waals surface area contributed by atoms with E-state index >= 15 is 0 Å². The van der Waals surface area contributed by atoms with Crippen molar-refractivity contribution in [1.82, 2.24) is 4.90 Å².